The van der Waals surface area contributed by atoms with Crippen LogP contribution in [0.2, 0.25) is 0 Å². The van der Waals surface area contributed by atoms with Crippen LogP contribution in [0.3, 0.4) is 0 Å². The summed E-state index contributed by atoms with van der Waals surface area (Å²) in [4.78, 5) is 1.33. The summed E-state index contributed by atoms with van der Waals surface area (Å²) >= 11 is 0. The average Bonchev–Trinajstić information content (AvgIpc) is 3.23. The van der Waals surface area contributed by atoms with E-state index in [0.717, 1.165) is 12.8 Å². The third-order valence-electron chi connectivity index (χ3n) is 5.96. The molecule has 1 saturated heterocycles. The summed E-state index contributed by atoms with van der Waals surface area (Å²) in [5.41, 5.74) is -1.67. The first-order chi connectivity index (χ1) is 9.10. The van der Waals surface area contributed by atoms with Gasteiger partial charge in [-0.15, -0.1) is 0 Å². The molecule has 2 aliphatic carbocycles. The minimum atomic E-state index is -2.10. The van der Waals surface area contributed by atoms with Gasteiger partial charge in [-0.05, 0) is 26.2 Å². The maximum atomic E-state index is 13.2. The van der Waals surface area contributed by atoms with Gasteiger partial charge >= 0.3 is 0 Å². The second-order valence-corrected chi connectivity index (χ2v) is 7.10. The molecule has 0 aromatic rings. The third kappa shape index (κ3) is 1.72. The molecule has 0 aromatic carbocycles. The standard InChI is InChI=1S/C14H24FNO4/c1-3-13(17,18)11(2)12(4-5-12)8-14(19,20)16(11)7-9-6-10(9)15/h9-10,17-20H,3-8H2,1-2H3. The number of rotatable bonds is 4. The second-order valence-electron chi connectivity index (χ2n) is 7.10. The number of hydrogen-bond donors (Lipinski definition) is 4. The van der Waals surface area contributed by atoms with Crippen LogP contribution in [0.15, 0.2) is 0 Å². The van der Waals surface area contributed by atoms with Gasteiger partial charge in [0.2, 0.25) is 5.91 Å². The summed E-state index contributed by atoms with van der Waals surface area (Å²) < 4.78 is 13.2. The molecule has 3 aliphatic rings. The van der Waals surface area contributed by atoms with Crippen molar-refractivity contribution in [1.29, 1.82) is 0 Å². The average molecular weight is 289 g/mol. The molecule has 0 radical (unpaired) electrons. The Morgan fingerprint density at radius 2 is 1.85 bits per heavy atom. The van der Waals surface area contributed by atoms with E-state index in [1.54, 1.807) is 13.8 Å². The predicted molar refractivity (Wildman–Crippen MR) is 69.0 cm³/mol. The van der Waals surface area contributed by atoms with Crippen LogP contribution in [0.4, 0.5) is 4.39 Å². The molecule has 0 amide bonds. The van der Waals surface area contributed by atoms with E-state index in [1.165, 1.54) is 4.90 Å². The van der Waals surface area contributed by atoms with Gasteiger partial charge in [0.1, 0.15) is 6.17 Å². The van der Waals surface area contributed by atoms with Gasteiger partial charge in [0.05, 0.1) is 5.54 Å². The molecule has 3 fully saturated rings. The van der Waals surface area contributed by atoms with Crippen LogP contribution in [0.25, 0.3) is 0 Å². The Hall–Kier alpha value is -0.270. The summed E-state index contributed by atoms with van der Waals surface area (Å²) in [6.45, 7) is 3.48. The molecule has 5 nitrogen and oxygen atoms in total. The molecule has 1 spiro atoms. The van der Waals surface area contributed by atoms with Gasteiger partial charge in [-0.2, -0.15) is 0 Å². The number of alkyl halides is 1. The van der Waals surface area contributed by atoms with Crippen LogP contribution in [-0.4, -0.2) is 55.3 Å². The van der Waals surface area contributed by atoms with Gasteiger partial charge in [0.15, 0.2) is 5.79 Å². The van der Waals surface area contributed by atoms with Crippen LogP contribution >= 0.6 is 0 Å². The van der Waals surface area contributed by atoms with E-state index in [2.05, 4.69) is 0 Å². The Morgan fingerprint density at radius 3 is 2.25 bits per heavy atom. The van der Waals surface area contributed by atoms with E-state index in [9.17, 15) is 24.8 Å². The van der Waals surface area contributed by atoms with E-state index < -0.39 is 28.8 Å². The smallest absolute Gasteiger partial charge is 0.226 e. The van der Waals surface area contributed by atoms with Crippen molar-refractivity contribution in [1.82, 2.24) is 4.90 Å². The summed E-state index contributed by atoms with van der Waals surface area (Å²) in [7, 11) is 0. The van der Waals surface area contributed by atoms with Crippen LogP contribution in [0.1, 0.15) is 46.0 Å². The van der Waals surface area contributed by atoms with Crippen molar-refractivity contribution in [2.45, 2.75) is 69.4 Å². The highest BCUT2D eigenvalue weighted by molar-refractivity contribution is 5.23. The summed E-state index contributed by atoms with van der Waals surface area (Å²) in [6, 6.07) is 0. The first-order valence-electron chi connectivity index (χ1n) is 7.41. The summed E-state index contributed by atoms with van der Waals surface area (Å²) in [5.74, 6) is -4.37. The number of nitrogens with zero attached hydrogens (tertiary/aromatic N) is 1. The first kappa shape index (κ1) is 14.7. The highest BCUT2D eigenvalue weighted by Gasteiger charge is 2.76. The molecule has 0 aromatic heterocycles. The van der Waals surface area contributed by atoms with Crippen molar-refractivity contribution in [2.75, 3.05) is 6.54 Å². The quantitative estimate of drug-likeness (QED) is 0.560. The van der Waals surface area contributed by atoms with E-state index in [-0.39, 0.29) is 25.3 Å². The van der Waals surface area contributed by atoms with Gasteiger partial charge in [0, 0.05) is 30.7 Å². The zero-order valence-electron chi connectivity index (χ0n) is 12.0. The number of aliphatic hydroxyl groups is 4. The summed E-state index contributed by atoms with van der Waals surface area (Å²) in [6.07, 6.45) is 1.13. The van der Waals surface area contributed by atoms with E-state index in [1.807, 2.05) is 0 Å². The fraction of sp³-hybridized carbons (Fsp3) is 1.00. The zero-order chi connectivity index (χ0) is 15.0. The van der Waals surface area contributed by atoms with Gasteiger partial charge in [-0.3, -0.25) is 0 Å². The molecule has 4 N–H and O–H groups in total. The Kier molecular flexibility index (Phi) is 2.88. The number of likely N-dealkylation sites (tertiary alicyclic amines) is 1. The van der Waals surface area contributed by atoms with Crippen LogP contribution < -0.4 is 0 Å². The van der Waals surface area contributed by atoms with Crippen LogP contribution in [0.5, 0.6) is 0 Å². The van der Waals surface area contributed by atoms with E-state index in [4.69, 9.17) is 0 Å². The normalized spacial score (nSPS) is 42.1. The Bertz CT molecular complexity index is 423. The molecule has 3 unspecified atom stereocenters. The van der Waals surface area contributed by atoms with Crippen LogP contribution in [-0.2, 0) is 0 Å². The molecule has 3 atom stereocenters. The highest BCUT2D eigenvalue weighted by atomic mass is 19.1. The fourth-order valence-corrected chi connectivity index (χ4v) is 4.13. The topological polar surface area (TPSA) is 84.2 Å². The van der Waals surface area contributed by atoms with E-state index >= 15 is 0 Å². The molecule has 20 heavy (non-hydrogen) atoms. The Morgan fingerprint density at radius 1 is 1.30 bits per heavy atom. The minimum absolute atomic E-state index is 0.0849. The van der Waals surface area contributed by atoms with Gasteiger partial charge < -0.3 is 20.4 Å². The second kappa shape index (κ2) is 3.93. The number of hydrogen-bond acceptors (Lipinski definition) is 5. The van der Waals surface area contributed by atoms with Crippen molar-refractivity contribution >= 4 is 0 Å². The monoisotopic (exact) mass is 289 g/mol. The lowest BCUT2D eigenvalue weighted by molar-refractivity contribution is -0.314. The largest absolute Gasteiger partial charge is 0.364 e. The van der Waals surface area contributed by atoms with Crippen molar-refractivity contribution in [3.05, 3.63) is 0 Å². The Labute approximate surface area is 118 Å². The molecular formula is C14H24FNO4. The molecule has 6 heteroatoms. The lowest BCUT2D eigenvalue weighted by Gasteiger charge is -2.49. The first-order valence-corrected chi connectivity index (χ1v) is 7.41. The molecule has 116 valence electrons. The maximum absolute atomic E-state index is 13.2. The fourth-order valence-electron chi connectivity index (χ4n) is 4.13. The molecule has 1 aliphatic heterocycles. The lowest BCUT2D eigenvalue weighted by atomic mass is 9.75. The molecule has 3 rings (SSSR count). The van der Waals surface area contributed by atoms with Crippen molar-refractivity contribution in [3.8, 4) is 0 Å². The van der Waals surface area contributed by atoms with E-state index in [0.29, 0.717) is 6.42 Å². The van der Waals surface area contributed by atoms with Crippen LogP contribution in [0, 0.1) is 11.3 Å². The number of halogens is 1. The van der Waals surface area contributed by atoms with Crippen molar-refractivity contribution in [3.63, 3.8) is 0 Å². The molecule has 0 bridgehead atoms. The molecule has 2 saturated carbocycles. The van der Waals surface area contributed by atoms with Gasteiger partial charge in [-0.25, -0.2) is 9.29 Å². The minimum Gasteiger partial charge on any atom is -0.364 e. The lowest BCUT2D eigenvalue weighted by Crippen LogP contribution is -2.67. The summed E-state index contributed by atoms with van der Waals surface area (Å²) in [5, 5.41) is 41.6. The Balaban J connectivity index is 1.98. The van der Waals surface area contributed by atoms with Gasteiger partial charge in [0.25, 0.3) is 0 Å². The highest BCUT2D eigenvalue weighted by Crippen LogP contribution is 2.69. The van der Waals surface area contributed by atoms with Gasteiger partial charge in [-0.1, -0.05) is 6.92 Å². The third-order valence-corrected chi connectivity index (χ3v) is 5.96. The molecular weight excluding hydrogens is 265 g/mol. The predicted octanol–water partition coefficient (Wildman–Crippen LogP) is 0.318. The zero-order valence-corrected chi connectivity index (χ0v) is 12.0. The molecule has 1 heterocycles. The SMILES string of the molecule is CCC(O)(O)C1(C)N(CC2CC2F)C(O)(O)CC12CC2. The van der Waals surface area contributed by atoms with Crippen molar-refractivity contribution in [2.24, 2.45) is 11.3 Å². The van der Waals surface area contributed by atoms with Crippen molar-refractivity contribution < 1.29 is 24.8 Å². The maximum Gasteiger partial charge on any atom is 0.226 e.